The zero-order valence-corrected chi connectivity index (χ0v) is 68.0. The normalized spacial score (nSPS) is 26.9. The molecule has 0 spiro atoms. The molecule has 20 atom stereocenters. The summed E-state index contributed by atoms with van der Waals surface area (Å²) in [7, 11) is -2.65. The molecule has 0 aliphatic carbocycles. The number of hydroxylamine groups is 1. The Morgan fingerprint density at radius 1 is 0.358 bits per heavy atom. The zero-order chi connectivity index (χ0) is 88.3. The van der Waals surface area contributed by atoms with Crippen LogP contribution in [0.2, 0.25) is 0 Å². The van der Waals surface area contributed by atoms with Crippen LogP contribution in [0.3, 0.4) is 0 Å². The molecule has 4 aliphatic rings. The number of aliphatic hydroxyl groups is 14. The van der Waals surface area contributed by atoms with Gasteiger partial charge in [0.15, 0.2) is 25.2 Å². The zero-order valence-electron chi connectivity index (χ0n) is 67.2. The van der Waals surface area contributed by atoms with Gasteiger partial charge in [-0.1, -0.05) is 12.8 Å². The van der Waals surface area contributed by atoms with Crippen LogP contribution in [-0.2, 0) is 91.1 Å². The lowest BCUT2D eigenvalue weighted by atomic mass is 9.97. The fraction of sp³-hybridized carbons (Fsp3) is 0.795. The van der Waals surface area contributed by atoms with E-state index in [0.29, 0.717) is 76.5 Å². The molecule has 0 radical (unpaired) electrons. The highest BCUT2D eigenvalue weighted by Gasteiger charge is 2.53. The number of hydrogen-bond donors (Lipinski definition) is 24. The number of hydrogen-bond acceptors (Lipinski definition) is 36. The minimum absolute atomic E-state index is 0.000736. The molecule has 4 saturated heterocycles. The monoisotopic (exact) mass is 1750 g/mol. The van der Waals surface area contributed by atoms with Crippen molar-refractivity contribution in [2.45, 2.75) is 243 Å². The molecule has 0 aromatic heterocycles. The molecule has 688 valence electrons. The second-order valence-electron chi connectivity index (χ2n) is 29.0. The number of nitrogens with zero attached hydrogens (tertiary/aromatic N) is 2. The van der Waals surface area contributed by atoms with Crippen LogP contribution in [0.5, 0.6) is 5.75 Å². The summed E-state index contributed by atoms with van der Waals surface area (Å²) in [5, 5.41) is 174. The number of aliphatic hydroxyl groups excluding tert-OH is 14. The summed E-state index contributed by atoms with van der Waals surface area (Å²) in [6.07, 6.45) is -27.9. The van der Waals surface area contributed by atoms with Crippen molar-refractivity contribution in [3.05, 3.63) is 24.3 Å². The molecular formula is C73H125N11O35S. The first-order chi connectivity index (χ1) is 57.4. The van der Waals surface area contributed by atoms with Gasteiger partial charge in [-0.2, -0.15) is 4.31 Å². The minimum Gasteiger partial charge on any atom is -0.497 e. The molecule has 46 nitrogen and oxygen atoms in total. The van der Waals surface area contributed by atoms with Crippen LogP contribution in [0.1, 0.15) is 116 Å². The number of methoxy groups -OCH3 is 1. The maximum Gasteiger partial charge on any atom is 0.258 e. The molecule has 4 fully saturated rings. The molecule has 5 rings (SSSR count). The van der Waals surface area contributed by atoms with Gasteiger partial charge in [-0.3, -0.25) is 48.4 Å². The van der Waals surface area contributed by atoms with Gasteiger partial charge in [-0.05, 0) is 75.6 Å². The van der Waals surface area contributed by atoms with E-state index in [-0.39, 0.29) is 189 Å². The predicted octanol–water partition coefficient (Wildman–Crippen LogP) is -10.3. The number of nitrogens with one attached hydrogen (secondary N) is 9. The fourth-order valence-corrected chi connectivity index (χ4v) is 14.4. The van der Waals surface area contributed by atoms with Gasteiger partial charge in [0.1, 0.15) is 103 Å². The van der Waals surface area contributed by atoms with E-state index in [1.54, 1.807) is 4.90 Å². The first-order valence-electron chi connectivity index (χ1n) is 40.2. The van der Waals surface area contributed by atoms with Crippen molar-refractivity contribution in [3.8, 4) is 5.75 Å². The number of benzene rings is 1. The summed E-state index contributed by atoms with van der Waals surface area (Å²) in [4.78, 5) is 116. The van der Waals surface area contributed by atoms with Crippen molar-refractivity contribution < 1.29 is 171 Å². The lowest BCUT2D eigenvalue weighted by Crippen LogP contribution is -2.64. The van der Waals surface area contributed by atoms with Crippen molar-refractivity contribution in [1.29, 1.82) is 0 Å². The van der Waals surface area contributed by atoms with Crippen molar-refractivity contribution >= 4 is 63.2 Å². The largest absolute Gasteiger partial charge is 0.497 e. The number of ether oxygens (including phenoxy) is 9. The molecule has 4 heterocycles. The Morgan fingerprint density at radius 2 is 0.692 bits per heavy atom. The third-order valence-corrected chi connectivity index (χ3v) is 21.8. The van der Waals surface area contributed by atoms with E-state index in [4.69, 9.17) is 47.8 Å². The molecule has 1 aromatic rings. The van der Waals surface area contributed by atoms with Crippen LogP contribution in [-0.4, -0.2) is 402 Å². The van der Waals surface area contributed by atoms with Gasteiger partial charge in [0, 0.05) is 130 Å². The summed E-state index contributed by atoms with van der Waals surface area (Å²) in [6, 6.07) is 5.66. The van der Waals surface area contributed by atoms with E-state index in [1.165, 1.54) is 36.9 Å². The van der Waals surface area contributed by atoms with Gasteiger partial charge in [0.2, 0.25) is 57.3 Å². The quantitative estimate of drug-likeness (QED) is 0.0164. The average molecular weight is 1750 g/mol. The first-order valence-corrected chi connectivity index (χ1v) is 41.7. The molecule has 1 aromatic carbocycles. The SMILES string of the molecule is COc1ccc(S(=O)(=O)N(CCCCCCNC(=O)CCCCC(=O)NCCN(CCC(=O)NCCNC(=O)CCCCC(=O)NCCO[C@@H]2O[C@H](CO)[C@@H](O[C@@H]3O[C@H](CO)[C@H](O)[C@H](O)[C@H]3O)[C@H](O)[C@H]2O)CCC(=O)NCCNC(=O)CCCCC(=O)NCCO[C@@H]2O[C@H](CO)[C@@H](O[C@@H]3O[C@H](CO)[C@H](O)[C@H](O)[C@H]3O)[C@H](O)[C@H]2O)CC(=O)NO)cc1. The number of sulfonamides is 1. The van der Waals surface area contributed by atoms with Crippen LogP contribution < -0.4 is 52.8 Å². The average Bonchev–Trinajstić information content (AvgIpc) is 0.793. The number of amides is 9. The molecule has 120 heavy (non-hydrogen) atoms. The Balaban J connectivity index is 0.955. The Labute approximate surface area is 693 Å². The van der Waals surface area contributed by atoms with E-state index < -0.39 is 172 Å². The molecule has 47 heteroatoms. The smallest absolute Gasteiger partial charge is 0.258 e. The third-order valence-electron chi connectivity index (χ3n) is 19.9. The number of carbonyl (C=O) groups excluding carboxylic acids is 9. The maximum atomic E-state index is 13.3. The van der Waals surface area contributed by atoms with Gasteiger partial charge >= 0.3 is 0 Å². The Morgan fingerprint density at radius 3 is 1.06 bits per heavy atom. The molecule has 24 N–H and O–H groups in total. The highest BCUT2D eigenvalue weighted by atomic mass is 32.2. The second-order valence-corrected chi connectivity index (χ2v) is 30.9. The van der Waals surface area contributed by atoms with E-state index in [2.05, 4.69) is 42.5 Å². The van der Waals surface area contributed by atoms with Crippen LogP contribution in [0, 0.1) is 0 Å². The van der Waals surface area contributed by atoms with Crippen LogP contribution >= 0.6 is 0 Å². The van der Waals surface area contributed by atoms with Crippen LogP contribution in [0.15, 0.2) is 29.2 Å². The van der Waals surface area contributed by atoms with Gasteiger partial charge in [-0.15, -0.1) is 0 Å². The summed E-state index contributed by atoms with van der Waals surface area (Å²) in [6.45, 7) is -2.87. The van der Waals surface area contributed by atoms with Crippen LogP contribution in [0.25, 0.3) is 0 Å². The van der Waals surface area contributed by atoms with Crippen molar-refractivity contribution in [2.75, 3.05) is 132 Å². The number of unbranched alkanes of at least 4 members (excludes halogenated alkanes) is 6. The minimum atomic E-state index is -4.08. The summed E-state index contributed by atoms with van der Waals surface area (Å²) in [5.74, 6) is -3.17. The highest BCUT2D eigenvalue weighted by molar-refractivity contribution is 7.89. The number of rotatable bonds is 58. The fourth-order valence-electron chi connectivity index (χ4n) is 12.9. The van der Waals surface area contributed by atoms with Gasteiger partial charge < -0.3 is 162 Å². The van der Waals surface area contributed by atoms with Gasteiger partial charge in [0.05, 0.1) is 58.2 Å². The third kappa shape index (κ3) is 35.8. The van der Waals surface area contributed by atoms with E-state index in [9.17, 15) is 123 Å². The standard InChI is InChI=1S/C73H125N11O35S/c1-111-43-18-20-44(21-19-43)120(109,110)84(38-57(97)82-108)32-11-3-2-10-24-74-49(89)12-4-7-15-52(92)79-29-35-83(33-22-55(95)77-27-25-75-50(90)13-5-8-16-53(93)80-30-36-112-70-66(106)62(102)68(47(41-87)116-70)118-72-64(104)60(100)58(98)45(39-85)114-72)34-23-56(96)78-28-26-76-51(91)14-6-9-17-54(94)81-31-37-113-71-67(107)63(103)69(48(42-88)117-71)119-73-65(105)61(101)59(99)46(40-86)115-73/h18-21,45-48,58-73,85-88,98-108H,2-17,22-42H2,1H3,(H,74,89)(H,75,90)(H,76,91)(H,77,95)(H,78,96)(H,79,92)(H,80,93)(H,81,94)(H,82,97)/t45-,46-,47-,48-,58+,59+,60+,61+,62-,63-,64-,65-,66-,67-,68-,69-,70-,71-,72+,73+/m1/s1. The second kappa shape index (κ2) is 56.1. The van der Waals surface area contributed by atoms with Crippen molar-refractivity contribution in [3.63, 3.8) is 0 Å². The number of carbonyl (C=O) groups is 9. The van der Waals surface area contributed by atoms with Gasteiger partial charge in [0.25, 0.3) is 5.91 Å². The maximum absolute atomic E-state index is 13.3. The molecule has 0 unspecified atom stereocenters. The topological polar surface area (TPSA) is 689 Å². The Bertz CT molecular complexity index is 3190. The van der Waals surface area contributed by atoms with Crippen molar-refractivity contribution in [1.82, 2.24) is 57.2 Å². The van der Waals surface area contributed by atoms with E-state index in [1.807, 2.05) is 0 Å². The molecule has 4 aliphatic heterocycles. The highest BCUT2D eigenvalue weighted by Crippen LogP contribution is 2.32. The predicted molar refractivity (Wildman–Crippen MR) is 410 cm³/mol. The van der Waals surface area contributed by atoms with E-state index >= 15 is 0 Å². The molecule has 0 saturated carbocycles. The Kier molecular flexibility index (Phi) is 48.5. The molecular weight excluding hydrogens is 1620 g/mol. The summed E-state index contributed by atoms with van der Waals surface area (Å²) >= 11 is 0. The Hall–Kier alpha value is -6.80. The van der Waals surface area contributed by atoms with Crippen molar-refractivity contribution in [2.24, 2.45) is 0 Å². The summed E-state index contributed by atoms with van der Waals surface area (Å²) < 4.78 is 76.5. The lowest BCUT2D eigenvalue weighted by Gasteiger charge is -2.45. The van der Waals surface area contributed by atoms with Crippen LogP contribution in [0.4, 0.5) is 0 Å². The first kappa shape index (κ1) is 104. The van der Waals surface area contributed by atoms with E-state index in [0.717, 1.165) is 4.31 Å². The lowest BCUT2D eigenvalue weighted by molar-refractivity contribution is -0.359. The molecule has 9 amide bonds. The van der Waals surface area contributed by atoms with Gasteiger partial charge in [-0.25, -0.2) is 13.9 Å². The summed E-state index contributed by atoms with van der Waals surface area (Å²) in [5.41, 5.74) is 1.46. The molecule has 0 bridgehead atoms.